The summed E-state index contributed by atoms with van der Waals surface area (Å²) in [6.45, 7) is 3.15. The minimum absolute atomic E-state index is 0.206. The topological polar surface area (TPSA) is 29.5 Å². The highest BCUT2D eigenvalue weighted by molar-refractivity contribution is 7.19. The van der Waals surface area contributed by atoms with E-state index in [1.165, 1.54) is 4.70 Å². The fourth-order valence-corrected chi connectivity index (χ4v) is 3.47. The molecule has 1 heterocycles. The van der Waals surface area contributed by atoms with E-state index in [9.17, 15) is 4.79 Å². The summed E-state index contributed by atoms with van der Waals surface area (Å²) in [6.07, 6.45) is 0. The van der Waals surface area contributed by atoms with E-state index in [0.717, 1.165) is 15.3 Å². The number of hydrogen-bond donors (Lipinski definition) is 0. The summed E-state index contributed by atoms with van der Waals surface area (Å²) < 4.78 is 6.10. The van der Waals surface area contributed by atoms with E-state index >= 15 is 0 Å². The highest BCUT2D eigenvalue weighted by Crippen LogP contribution is 2.35. The Hall–Kier alpha value is -1.10. The Kier molecular flexibility index (Phi) is 4.80. The van der Waals surface area contributed by atoms with Gasteiger partial charge in [-0.15, -0.1) is 11.3 Å². The monoisotopic (exact) mass is 297 g/mol. The standard InChI is InChI=1S/C14H16ClNO2S/c1-3-18-13(17)9-16(2)8-12-14(15)10-6-4-5-7-11(10)19-12/h4-7H,3,8-9H2,1-2H3. The molecule has 0 saturated carbocycles. The number of nitrogens with zero attached hydrogens (tertiary/aromatic N) is 1. The maximum atomic E-state index is 11.4. The van der Waals surface area contributed by atoms with E-state index in [-0.39, 0.29) is 12.5 Å². The van der Waals surface area contributed by atoms with E-state index in [2.05, 4.69) is 6.07 Å². The number of ether oxygens (including phenoxy) is 1. The molecule has 0 saturated heterocycles. The molecule has 0 fully saturated rings. The molecule has 3 nitrogen and oxygen atoms in total. The maximum Gasteiger partial charge on any atom is 0.320 e. The van der Waals surface area contributed by atoms with Crippen LogP contribution >= 0.6 is 22.9 Å². The predicted molar refractivity (Wildman–Crippen MR) is 79.8 cm³/mol. The van der Waals surface area contributed by atoms with Crippen LogP contribution in [-0.2, 0) is 16.1 Å². The van der Waals surface area contributed by atoms with Gasteiger partial charge in [0, 0.05) is 21.5 Å². The van der Waals surface area contributed by atoms with Crippen LogP contribution in [0, 0.1) is 0 Å². The van der Waals surface area contributed by atoms with E-state index in [0.29, 0.717) is 13.2 Å². The first-order valence-electron chi connectivity index (χ1n) is 6.12. The molecule has 1 aromatic carbocycles. The zero-order valence-electron chi connectivity index (χ0n) is 11.0. The number of fused-ring (bicyclic) bond motifs is 1. The lowest BCUT2D eigenvalue weighted by molar-refractivity contribution is -0.144. The first-order valence-corrected chi connectivity index (χ1v) is 7.31. The average Bonchev–Trinajstić information content (AvgIpc) is 2.67. The molecule has 0 aliphatic rings. The van der Waals surface area contributed by atoms with Crippen molar-refractivity contribution in [1.82, 2.24) is 4.90 Å². The van der Waals surface area contributed by atoms with Crippen LogP contribution < -0.4 is 0 Å². The molecule has 2 aromatic rings. The van der Waals surface area contributed by atoms with Gasteiger partial charge in [-0.25, -0.2) is 0 Å². The summed E-state index contributed by atoms with van der Waals surface area (Å²) >= 11 is 8.03. The Balaban J connectivity index is 2.08. The van der Waals surface area contributed by atoms with Gasteiger partial charge in [0.05, 0.1) is 18.2 Å². The number of halogens is 1. The van der Waals surface area contributed by atoms with E-state index in [4.69, 9.17) is 16.3 Å². The third kappa shape index (κ3) is 3.47. The van der Waals surface area contributed by atoms with Gasteiger partial charge in [0.1, 0.15) is 0 Å². The first-order chi connectivity index (χ1) is 9.11. The molecule has 0 aliphatic carbocycles. The Morgan fingerprint density at radius 3 is 2.84 bits per heavy atom. The van der Waals surface area contributed by atoms with Gasteiger partial charge in [-0.1, -0.05) is 29.8 Å². The number of likely N-dealkylation sites (N-methyl/N-ethyl adjacent to an activating group) is 1. The largest absolute Gasteiger partial charge is 0.465 e. The predicted octanol–water partition coefficient (Wildman–Crippen LogP) is 3.55. The van der Waals surface area contributed by atoms with Crippen LogP contribution in [0.2, 0.25) is 5.02 Å². The number of rotatable bonds is 5. The summed E-state index contributed by atoms with van der Waals surface area (Å²) in [5.74, 6) is -0.206. The van der Waals surface area contributed by atoms with Gasteiger partial charge in [-0.2, -0.15) is 0 Å². The second-order valence-electron chi connectivity index (χ2n) is 4.31. The smallest absolute Gasteiger partial charge is 0.320 e. The third-order valence-corrected chi connectivity index (χ3v) is 4.42. The summed E-state index contributed by atoms with van der Waals surface area (Å²) in [6, 6.07) is 8.05. The van der Waals surface area contributed by atoms with Crippen LogP contribution in [0.5, 0.6) is 0 Å². The van der Waals surface area contributed by atoms with Crippen LogP contribution in [0.3, 0.4) is 0 Å². The Morgan fingerprint density at radius 1 is 1.42 bits per heavy atom. The molecule has 5 heteroatoms. The van der Waals surface area contributed by atoms with Crippen molar-refractivity contribution in [3.8, 4) is 0 Å². The molecule has 0 amide bonds. The van der Waals surface area contributed by atoms with Crippen molar-refractivity contribution in [2.75, 3.05) is 20.2 Å². The second kappa shape index (κ2) is 6.37. The number of carbonyl (C=O) groups excluding carboxylic acids is 1. The molecule has 0 radical (unpaired) electrons. The van der Waals surface area contributed by atoms with Crippen molar-refractivity contribution >= 4 is 39.0 Å². The van der Waals surface area contributed by atoms with Crippen molar-refractivity contribution in [2.24, 2.45) is 0 Å². The van der Waals surface area contributed by atoms with Gasteiger partial charge in [0.2, 0.25) is 0 Å². The summed E-state index contributed by atoms with van der Waals surface area (Å²) in [5, 5.41) is 1.87. The number of benzene rings is 1. The van der Waals surface area contributed by atoms with Crippen LogP contribution in [0.1, 0.15) is 11.8 Å². The van der Waals surface area contributed by atoms with Crippen molar-refractivity contribution in [3.05, 3.63) is 34.2 Å². The summed E-state index contributed by atoms with van der Waals surface area (Å²) in [5.41, 5.74) is 0. The zero-order valence-corrected chi connectivity index (χ0v) is 12.6. The lowest BCUT2D eigenvalue weighted by Crippen LogP contribution is -2.26. The van der Waals surface area contributed by atoms with Crippen LogP contribution in [0.15, 0.2) is 24.3 Å². The molecule has 0 atom stereocenters. The zero-order chi connectivity index (χ0) is 13.8. The van der Waals surface area contributed by atoms with Crippen molar-refractivity contribution in [3.63, 3.8) is 0 Å². The fourth-order valence-electron chi connectivity index (χ4n) is 1.89. The summed E-state index contributed by atoms with van der Waals surface area (Å²) in [4.78, 5) is 14.4. The SMILES string of the molecule is CCOC(=O)CN(C)Cc1sc2ccccc2c1Cl. The van der Waals surface area contributed by atoms with Gasteiger partial charge >= 0.3 is 5.97 Å². The molecule has 1 aromatic heterocycles. The molecule has 0 spiro atoms. The Labute approximate surface area is 121 Å². The van der Waals surface area contributed by atoms with E-state index < -0.39 is 0 Å². The molecule has 0 bridgehead atoms. The van der Waals surface area contributed by atoms with Crippen molar-refractivity contribution in [1.29, 1.82) is 0 Å². The lowest BCUT2D eigenvalue weighted by Gasteiger charge is -2.14. The Bertz CT molecular complexity index is 582. The van der Waals surface area contributed by atoms with E-state index in [1.807, 2.05) is 30.1 Å². The van der Waals surface area contributed by atoms with Gasteiger partial charge < -0.3 is 4.74 Å². The van der Waals surface area contributed by atoms with Gasteiger partial charge in [0.15, 0.2) is 0 Å². The lowest BCUT2D eigenvalue weighted by atomic mass is 10.2. The average molecular weight is 298 g/mol. The van der Waals surface area contributed by atoms with Gasteiger partial charge in [-0.3, -0.25) is 9.69 Å². The van der Waals surface area contributed by atoms with Gasteiger partial charge in [0.25, 0.3) is 0 Å². The minimum atomic E-state index is -0.206. The first kappa shape index (κ1) is 14.3. The highest BCUT2D eigenvalue weighted by atomic mass is 35.5. The van der Waals surface area contributed by atoms with Gasteiger partial charge in [-0.05, 0) is 20.0 Å². The Morgan fingerprint density at radius 2 is 2.16 bits per heavy atom. The summed E-state index contributed by atoms with van der Waals surface area (Å²) in [7, 11) is 1.89. The highest BCUT2D eigenvalue weighted by Gasteiger charge is 2.13. The van der Waals surface area contributed by atoms with E-state index in [1.54, 1.807) is 18.3 Å². The molecular formula is C14H16ClNO2S. The maximum absolute atomic E-state index is 11.4. The van der Waals surface area contributed by atoms with Crippen LogP contribution in [0.25, 0.3) is 10.1 Å². The molecule has 0 unspecified atom stereocenters. The van der Waals surface area contributed by atoms with Crippen LogP contribution in [0.4, 0.5) is 0 Å². The fraction of sp³-hybridized carbons (Fsp3) is 0.357. The molecule has 0 N–H and O–H groups in total. The van der Waals surface area contributed by atoms with Crippen molar-refractivity contribution in [2.45, 2.75) is 13.5 Å². The van der Waals surface area contributed by atoms with Crippen LogP contribution in [-0.4, -0.2) is 31.1 Å². The molecule has 2 rings (SSSR count). The number of esters is 1. The minimum Gasteiger partial charge on any atom is -0.465 e. The number of thiophene rings is 1. The molecular weight excluding hydrogens is 282 g/mol. The molecule has 102 valence electrons. The normalized spacial score (nSPS) is 11.2. The second-order valence-corrected chi connectivity index (χ2v) is 5.83. The number of hydrogen-bond acceptors (Lipinski definition) is 4. The molecule has 19 heavy (non-hydrogen) atoms. The molecule has 0 aliphatic heterocycles. The quantitative estimate of drug-likeness (QED) is 0.791. The third-order valence-electron chi connectivity index (χ3n) is 2.72. The van der Waals surface area contributed by atoms with Crippen molar-refractivity contribution < 1.29 is 9.53 Å². The number of carbonyl (C=O) groups is 1.